The maximum Gasteiger partial charge on any atom is 0.294 e. The molecule has 3 amide bonds. The number of carbonyl (C=O) groups is 3. The van der Waals surface area contributed by atoms with E-state index in [0.717, 1.165) is 4.90 Å². The van der Waals surface area contributed by atoms with Crippen molar-refractivity contribution in [2.75, 3.05) is 18.5 Å². The lowest BCUT2D eigenvalue weighted by Crippen LogP contribution is -2.36. The minimum atomic E-state index is -0.634. The average Bonchev–Trinajstić information content (AvgIpc) is 3.41. The van der Waals surface area contributed by atoms with Crippen molar-refractivity contribution in [1.82, 2.24) is 4.90 Å². The smallest absolute Gasteiger partial charge is 0.294 e. The first-order valence-corrected chi connectivity index (χ1v) is 11.3. The van der Waals surface area contributed by atoms with E-state index in [0.29, 0.717) is 29.8 Å². The molecule has 2 aromatic carbocycles. The Labute approximate surface area is 203 Å². The molecule has 3 aromatic rings. The third-order valence-electron chi connectivity index (χ3n) is 4.89. The summed E-state index contributed by atoms with van der Waals surface area (Å²) in [6.45, 7) is 1.93. The van der Waals surface area contributed by atoms with Crippen molar-refractivity contribution < 1.29 is 28.5 Å². The molecule has 178 valence electrons. The number of anilines is 1. The van der Waals surface area contributed by atoms with Crippen LogP contribution in [-0.4, -0.2) is 40.0 Å². The van der Waals surface area contributed by atoms with Crippen molar-refractivity contribution in [2.24, 2.45) is 0 Å². The molecule has 0 unspecified atom stereocenters. The number of nitrogens with zero attached hydrogens (tertiary/aromatic N) is 2. The highest BCUT2D eigenvalue weighted by Gasteiger charge is 2.36. The van der Waals surface area contributed by atoms with Crippen molar-refractivity contribution in [2.45, 2.75) is 6.92 Å². The van der Waals surface area contributed by atoms with Gasteiger partial charge in [-0.3, -0.25) is 29.4 Å². The Morgan fingerprint density at radius 2 is 1.89 bits per heavy atom. The molecular formula is C24H19N3O7S. The van der Waals surface area contributed by atoms with Gasteiger partial charge in [0.1, 0.15) is 23.8 Å². The second-order valence-electron chi connectivity index (χ2n) is 7.25. The summed E-state index contributed by atoms with van der Waals surface area (Å²) in [5.41, 5.74) is 0.669. The minimum Gasteiger partial charge on any atom is -0.494 e. The highest BCUT2D eigenvalue weighted by molar-refractivity contribution is 8.18. The maximum absolute atomic E-state index is 12.7. The summed E-state index contributed by atoms with van der Waals surface area (Å²) in [7, 11) is 0. The third kappa shape index (κ3) is 5.41. The molecule has 1 aromatic heterocycles. The molecule has 2 heterocycles. The number of imide groups is 1. The Morgan fingerprint density at radius 3 is 2.60 bits per heavy atom. The molecule has 1 saturated heterocycles. The van der Waals surface area contributed by atoms with Crippen molar-refractivity contribution in [3.8, 4) is 17.1 Å². The van der Waals surface area contributed by atoms with Gasteiger partial charge in [0, 0.05) is 17.8 Å². The lowest BCUT2D eigenvalue weighted by molar-refractivity contribution is -0.384. The Balaban J connectivity index is 1.44. The number of nitrogens with one attached hydrogen (secondary N) is 1. The lowest BCUT2D eigenvalue weighted by Gasteiger charge is -2.12. The normalized spacial score (nSPS) is 14.4. The summed E-state index contributed by atoms with van der Waals surface area (Å²) < 4.78 is 11.0. The van der Waals surface area contributed by atoms with E-state index >= 15 is 0 Å². The van der Waals surface area contributed by atoms with E-state index in [1.165, 1.54) is 12.1 Å². The van der Waals surface area contributed by atoms with Gasteiger partial charge in [-0.15, -0.1) is 0 Å². The molecule has 0 radical (unpaired) electrons. The first-order valence-electron chi connectivity index (χ1n) is 10.5. The Morgan fingerprint density at radius 1 is 1.14 bits per heavy atom. The fraction of sp³-hybridized carbons (Fsp3) is 0.125. The van der Waals surface area contributed by atoms with Gasteiger partial charge in [-0.25, -0.2) is 0 Å². The van der Waals surface area contributed by atoms with E-state index < -0.39 is 28.5 Å². The van der Waals surface area contributed by atoms with Crippen LogP contribution in [0.1, 0.15) is 12.7 Å². The zero-order valence-corrected chi connectivity index (χ0v) is 19.2. The Hall–Kier alpha value is -4.38. The zero-order chi connectivity index (χ0) is 24.9. The van der Waals surface area contributed by atoms with E-state index in [4.69, 9.17) is 9.15 Å². The fourth-order valence-corrected chi connectivity index (χ4v) is 4.15. The van der Waals surface area contributed by atoms with Gasteiger partial charge in [0.2, 0.25) is 5.91 Å². The standard InChI is InChI=1S/C24H19N3O7S/c1-2-33-16-9-7-15(8-10-16)25-22(28)14-26-23(29)21(35-24(26)30)13-17-11-12-20(34-17)18-5-3-4-6-19(18)27(31)32/h3-13H,2,14H2,1H3,(H,25,28)/b21-13-. The predicted molar refractivity (Wildman–Crippen MR) is 130 cm³/mol. The highest BCUT2D eigenvalue weighted by Crippen LogP contribution is 2.35. The van der Waals surface area contributed by atoms with Gasteiger partial charge in [0.25, 0.3) is 16.8 Å². The number of rotatable bonds is 8. The number of benzene rings is 2. The van der Waals surface area contributed by atoms with Gasteiger partial charge in [-0.2, -0.15) is 0 Å². The van der Waals surface area contributed by atoms with Crippen LogP contribution in [0.4, 0.5) is 16.2 Å². The molecule has 4 rings (SSSR count). The monoisotopic (exact) mass is 493 g/mol. The third-order valence-corrected chi connectivity index (χ3v) is 5.80. The summed E-state index contributed by atoms with van der Waals surface area (Å²) in [6, 6.07) is 15.9. The molecule has 0 atom stereocenters. The molecule has 11 heteroatoms. The predicted octanol–water partition coefficient (Wildman–Crippen LogP) is 4.93. The number of hydrogen-bond donors (Lipinski definition) is 1. The molecule has 35 heavy (non-hydrogen) atoms. The fourth-order valence-electron chi connectivity index (χ4n) is 3.33. The molecule has 0 bridgehead atoms. The van der Waals surface area contributed by atoms with Gasteiger partial charge in [0.15, 0.2) is 0 Å². The molecule has 0 spiro atoms. The lowest BCUT2D eigenvalue weighted by atomic mass is 10.1. The number of amides is 3. The van der Waals surface area contributed by atoms with Crippen LogP contribution >= 0.6 is 11.8 Å². The first kappa shape index (κ1) is 23.8. The Bertz CT molecular complexity index is 1330. The number of furan rings is 1. The van der Waals surface area contributed by atoms with Crippen LogP contribution in [0.3, 0.4) is 0 Å². The molecule has 1 N–H and O–H groups in total. The number of thioether (sulfide) groups is 1. The Kier molecular flexibility index (Phi) is 6.97. The van der Waals surface area contributed by atoms with Crippen LogP contribution in [0.15, 0.2) is 70.0 Å². The highest BCUT2D eigenvalue weighted by atomic mass is 32.2. The van der Waals surface area contributed by atoms with Crippen LogP contribution in [-0.2, 0) is 9.59 Å². The van der Waals surface area contributed by atoms with E-state index in [1.807, 2.05) is 6.92 Å². The van der Waals surface area contributed by atoms with Crippen molar-refractivity contribution in [3.05, 3.63) is 81.4 Å². The topological polar surface area (TPSA) is 132 Å². The van der Waals surface area contributed by atoms with Crippen molar-refractivity contribution in [1.29, 1.82) is 0 Å². The molecule has 1 aliphatic heterocycles. The van der Waals surface area contributed by atoms with Gasteiger partial charge in [-0.05, 0) is 61.2 Å². The van der Waals surface area contributed by atoms with E-state index in [-0.39, 0.29) is 27.7 Å². The van der Waals surface area contributed by atoms with Crippen LogP contribution in [0.5, 0.6) is 5.75 Å². The SMILES string of the molecule is CCOc1ccc(NC(=O)CN2C(=O)S/C(=C\c3ccc(-c4ccccc4[N+](=O)[O-])o3)C2=O)cc1. The van der Waals surface area contributed by atoms with Crippen LogP contribution in [0, 0.1) is 10.1 Å². The van der Waals surface area contributed by atoms with E-state index in [1.54, 1.807) is 54.6 Å². The van der Waals surface area contributed by atoms with Crippen LogP contribution < -0.4 is 10.1 Å². The summed E-state index contributed by atoms with van der Waals surface area (Å²) in [4.78, 5) is 49.2. The first-order chi connectivity index (χ1) is 16.9. The zero-order valence-electron chi connectivity index (χ0n) is 18.4. The maximum atomic E-state index is 12.7. The quantitative estimate of drug-likeness (QED) is 0.265. The van der Waals surface area contributed by atoms with Crippen LogP contribution in [0.25, 0.3) is 17.4 Å². The number of para-hydroxylation sites is 1. The number of nitro groups is 1. The number of carbonyl (C=O) groups excluding carboxylic acids is 3. The number of nitro benzene ring substituents is 1. The van der Waals surface area contributed by atoms with Crippen molar-refractivity contribution >= 4 is 46.3 Å². The second kappa shape index (κ2) is 10.3. The van der Waals surface area contributed by atoms with Gasteiger partial charge < -0.3 is 14.5 Å². The minimum absolute atomic E-state index is 0.0762. The van der Waals surface area contributed by atoms with Gasteiger partial charge in [-0.1, -0.05) is 12.1 Å². The van der Waals surface area contributed by atoms with Crippen LogP contribution in [0.2, 0.25) is 0 Å². The molecule has 0 aliphatic carbocycles. The number of hydrogen-bond acceptors (Lipinski definition) is 8. The summed E-state index contributed by atoms with van der Waals surface area (Å²) in [5, 5.41) is 13.3. The molecule has 0 saturated carbocycles. The van der Waals surface area contributed by atoms with Gasteiger partial charge in [0.05, 0.1) is 22.0 Å². The molecule has 10 nitrogen and oxygen atoms in total. The average molecular weight is 493 g/mol. The summed E-state index contributed by atoms with van der Waals surface area (Å²) in [6.07, 6.45) is 1.37. The molecule has 1 aliphatic rings. The molecule has 1 fully saturated rings. The number of ether oxygens (including phenoxy) is 1. The second-order valence-corrected chi connectivity index (χ2v) is 8.24. The van der Waals surface area contributed by atoms with E-state index in [9.17, 15) is 24.5 Å². The van der Waals surface area contributed by atoms with Crippen molar-refractivity contribution in [3.63, 3.8) is 0 Å². The van der Waals surface area contributed by atoms with E-state index in [2.05, 4.69) is 5.32 Å². The summed E-state index contributed by atoms with van der Waals surface area (Å²) >= 11 is 0.679. The van der Waals surface area contributed by atoms with Gasteiger partial charge >= 0.3 is 0 Å². The largest absolute Gasteiger partial charge is 0.494 e. The molecular weight excluding hydrogens is 474 g/mol. The summed E-state index contributed by atoms with van der Waals surface area (Å²) in [5.74, 6) is -0.0237.